The first-order valence-electron chi connectivity index (χ1n) is 5.01. The van der Waals surface area contributed by atoms with Crippen LogP contribution in [0.3, 0.4) is 0 Å². The second-order valence-corrected chi connectivity index (χ2v) is 4.21. The van der Waals surface area contributed by atoms with E-state index in [2.05, 4.69) is 12.2 Å². The van der Waals surface area contributed by atoms with E-state index in [9.17, 15) is 8.78 Å². The number of nitrogens with two attached hydrogens (primary N) is 1. The molecule has 3 nitrogen and oxygen atoms in total. The number of aliphatic hydroxyl groups excluding tert-OH is 1. The summed E-state index contributed by atoms with van der Waals surface area (Å²) in [7, 11) is 1.57. The minimum Gasteiger partial charge on any atom is -0.394 e. The Hall–Kier alpha value is -1.27. The van der Waals surface area contributed by atoms with E-state index in [1.54, 1.807) is 14.0 Å². The zero-order valence-electron chi connectivity index (χ0n) is 9.58. The number of thiocarbonyl (C=S) groups is 1. The standard InChI is InChI=1S/C11H14F2N2OS/c1-6(5-16)15(2)8-4-3-7(11(14)17)9(12)10(8)13/h3-4,6,16H,5H2,1-2H3,(H2,14,17). The number of aliphatic hydroxyl groups is 1. The van der Waals surface area contributed by atoms with E-state index in [0.29, 0.717) is 0 Å². The van der Waals surface area contributed by atoms with Crippen LogP contribution in [0.25, 0.3) is 0 Å². The highest BCUT2D eigenvalue weighted by Gasteiger charge is 2.19. The molecule has 0 bridgehead atoms. The SMILES string of the molecule is CC(CO)N(C)c1ccc(C(N)=S)c(F)c1F. The highest BCUT2D eigenvalue weighted by molar-refractivity contribution is 7.80. The predicted octanol–water partition coefficient (Wildman–Crippen LogP) is 1.42. The number of hydrogen-bond acceptors (Lipinski definition) is 3. The normalized spacial score (nSPS) is 12.3. The van der Waals surface area contributed by atoms with Crippen LogP contribution in [0.5, 0.6) is 0 Å². The lowest BCUT2D eigenvalue weighted by molar-refractivity contribution is 0.269. The van der Waals surface area contributed by atoms with Crippen LogP contribution in [-0.4, -0.2) is 29.8 Å². The van der Waals surface area contributed by atoms with Crippen molar-refractivity contribution in [3.63, 3.8) is 0 Å². The molecule has 0 fully saturated rings. The maximum absolute atomic E-state index is 13.8. The van der Waals surface area contributed by atoms with Crippen molar-refractivity contribution in [1.29, 1.82) is 0 Å². The van der Waals surface area contributed by atoms with Gasteiger partial charge in [-0.3, -0.25) is 0 Å². The molecule has 0 spiro atoms. The van der Waals surface area contributed by atoms with Gasteiger partial charge in [0.1, 0.15) is 4.99 Å². The van der Waals surface area contributed by atoms with Crippen molar-refractivity contribution in [3.8, 4) is 0 Å². The summed E-state index contributed by atoms with van der Waals surface area (Å²) in [6, 6.07) is 2.40. The van der Waals surface area contributed by atoms with E-state index in [1.807, 2.05) is 0 Å². The van der Waals surface area contributed by atoms with E-state index in [0.717, 1.165) is 0 Å². The monoisotopic (exact) mass is 260 g/mol. The predicted molar refractivity (Wildman–Crippen MR) is 67.2 cm³/mol. The fourth-order valence-corrected chi connectivity index (χ4v) is 1.52. The van der Waals surface area contributed by atoms with Crippen molar-refractivity contribution in [1.82, 2.24) is 0 Å². The molecule has 0 radical (unpaired) electrons. The van der Waals surface area contributed by atoms with Gasteiger partial charge in [-0.2, -0.15) is 0 Å². The van der Waals surface area contributed by atoms with E-state index in [1.165, 1.54) is 17.0 Å². The molecule has 0 heterocycles. The van der Waals surface area contributed by atoms with Gasteiger partial charge in [0.25, 0.3) is 0 Å². The van der Waals surface area contributed by atoms with Gasteiger partial charge in [0, 0.05) is 18.7 Å². The average molecular weight is 260 g/mol. The highest BCUT2D eigenvalue weighted by Crippen LogP contribution is 2.24. The van der Waals surface area contributed by atoms with Crippen molar-refractivity contribution in [2.75, 3.05) is 18.6 Å². The minimum atomic E-state index is -1.06. The van der Waals surface area contributed by atoms with Gasteiger partial charge in [0.05, 0.1) is 12.3 Å². The van der Waals surface area contributed by atoms with Crippen molar-refractivity contribution < 1.29 is 13.9 Å². The third kappa shape index (κ3) is 2.70. The molecule has 0 aliphatic rings. The first-order chi connectivity index (χ1) is 7.90. The lowest BCUT2D eigenvalue weighted by atomic mass is 10.1. The van der Waals surface area contributed by atoms with Crippen LogP contribution in [-0.2, 0) is 0 Å². The smallest absolute Gasteiger partial charge is 0.182 e. The summed E-state index contributed by atoms with van der Waals surface area (Å²) >= 11 is 4.61. The molecule has 94 valence electrons. The zero-order valence-corrected chi connectivity index (χ0v) is 10.4. The molecule has 0 saturated carbocycles. The van der Waals surface area contributed by atoms with E-state index in [-0.39, 0.29) is 28.9 Å². The number of benzene rings is 1. The van der Waals surface area contributed by atoms with Crippen LogP contribution < -0.4 is 10.6 Å². The molecule has 1 rings (SSSR count). The number of likely N-dealkylation sites (N-methyl/N-ethyl adjacent to an activating group) is 1. The van der Waals surface area contributed by atoms with E-state index in [4.69, 9.17) is 10.8 Å². The largest absolute Gasteiger partial charge is 0.394 e. The summed E-state index contributed by atoms with van der Waals surface area (Å²) in [6.07, 6.45) is 0. The Morgan fingerprint density at radius 2 is 2.06 bits per heavy atom. The second kappa shape index (κ2) is 5.37. The van der Waals surface area contributed by atoms with Crippen molar-refractivity contribution in [2.24, 2.45) is 5.73 Å². The van der Waals surface area contributed by atoms with Gasteiger partial charge < -0.3 is 15.7 Å². The fraction of sp³-hybridized carbons (Fsp3) is 0.364. The Morgan fingerprint density at radius 1 is 1.47 bits per heavy atom. The van der Waals surface area contributed by atoms with Gasteiger partial charge >= 0.3 is 0 Å². The average Bonchev–Trinajstić information content (AvgIpc) is 2.30. The molecule has 6 heteroatoms. The minimum absolute atomic E-state index is 0.0593. The molecule has 1 aromatic carbocycles. The second-order valence-electron chi connectivity index (χ2n) is 3.77. The topological polar surface area (TPSA) is 49.5 Å². The molecule has 0 aromatic heterocycles. The van der Waals surface area contributed by atoms with Gasteiger partial charge in [-0.1, -0.05) is 12.2 Å². The fourth-order valence-electron chi connectivity index (χ4n) is 1.36. The summed E-state index contributed by atoms with van der Waals surface area (Å²) in [5.41, 5.74) is 5.21. The zero-order chi connectivity index (χ0) is 13.2. The first-order valence-corrected chi connectivity index (χ1v) is 5.42. The molecule has 0 aliphatic carbocycles. The molecule has 1 unspecified atom stereocenters. The summed E-state index contributed by atoms with van der Waals surface area (Å²) in [6.45, 7) is 1.54. The highest BCUT2D eigenvalue weighted by atomic mass is 32.1. The Labute approximate surface area is 104 Å². The van der Waals surface area contributed by atoms with Crippen LogP contribution >= 0.6 is 12.2 Å². The van der Waals surface area contributed by atoms with Crippen LogP contribution in [0.4, 0.5) is 14.5 Å². The number of halogens is 2. The molecular formula is C11H14F2N2OS. The van der Waals surface area contributed by atoms with Crippen LogP contribution in [0.2, 0.25) is 0 Å². The van der Waals surface area contributed by atoms with E-state index >= 15 is 0 Å². The lowest BCUT2D eigenvalue weighted by Crippen LogP contribution is -2.32. The van der Waals surface area contributed by atoms with Crippen LogP contribution in [0.1, 0.15) is 12.5 Å². The van der Waals surface area contributed by atoms with Gasteiger partial charge in [-0.15, -0.1) is 0 Å². The molecule has 3 N–H and O–H groups in total. The summed E-state index contributed by atoms with van der Waals surface area (Å²) in [5, 5.41) is 8.97. The molecule has 0 amide bonds. The van der Waals surface area contributed by atoms with E-state index < -0.39 is 11.6 Å². The van der Waals surface area contributed by atoms with Crippen molar-refractivity contribution in [2.45, 2.75) is 13.0 Å². The molecule has 17 heavy (non-hydrogen) atoms. The number of hydrogen-bond donors (Lipinski definition) is 2. The van der Waals surface area contributed by atoms with Crippen molar-refractivity contribution in [3.05, 3.63) is 29.3 Å². The van der Waals surface area contributed by atoms with Gasteiger partial charge in [0.15, 0.2) is 11.6 Å². The Kier molecular flexibility index (Phi) is 4.36. The number of anilines is 1. The maximum Gasteiger partial charge on any atom is 0.182 e. The van der Waals surface area contributed by atoms with Gasteiger partial charge in [-0.05, 0) is 19.1 Å². The summed E-state index contributed by atoms with van der Waals surface area (Å²) in [4.78, 5) is 1.26. The Bertz CT molecular complexity index is 440. The Balaban J connectivity index is 3.21. The van der Waals surface area contributed by atoms with Crippen LogP contribution in [0, 0.1) is 11.6 Å². The molecular weight excluding hydrogens is 246 g/mol. The molecule has 1 aromatic rings. The third-order valence-electron chi connectivity index (χ3n) is 2.63. The molecule has 0 saturated heterocycles. The quantitative estimate of drug-likeness (QED) is 0.804. The van der Waals surface area contributed by atoms with Crippen molar-refractivity contribution >= 4 is 22.9 Å². The third-order valence-corrected chi connectivity index (χ3v) is 2.85. The number of nitrogens with zero attached hydrogens (tertiary/aromatic N) is 1. The summed E-state index contributed by atoms with van der Waals surface area (Å²) in [5.74, 6) is -2.08. The summed E-state index contributed by atoms with van der Waals surface area (Å²) < 4.78 is 27.4. The lowest BCUT2D eigenvalue weighted by Gasteiger charge is -2.26. The first kappa shape index (κ1) is 13.8. The molecule has 0 aliphatic heterocycles. The number of rotatable bonds is 4. The Morgan fingerprint density at radius 3 is 2.53 bits per heavy atom. The molecule has 1 atom stereocenters. The van der Waals surface area contributed by atoms with Gasteiger partial charge in [-0.25, -0.2) is 8.78 Å². The van der Waals surface area contributed by atoms with Crippen LogP contribution in [0.15, 0.2) is 12.1 Å². The van der Waals surface area contributed by atoms with Gasteiger partial charge in [0.2, 0.25) is 0 Å². The maximum atomic E-state index is 13.8.